The van der Waals surface area contributed by atoms with E-state index >= 15 is 0 Å². The van der Waals surface area contributed by atoms with E-state index in [0.29, 0.717) is 24.2 Å². The number of amides is 2. The highest BCUT2D eigenvalue weighted by Gasteiger charge is 2.36. The molecule has 4 heteroatoms. The van der Waals surface area contributed by atoms with E-state index in [1.807, 2.05) is 23.6 Å². The average molecular weight is 244 g/mol. The lowest BCUT2D eigenvalue weighted by molar-refractivity contribution is 0.0280. The van der Waals surface area contributed by atoms with Crippen LogP contribution in [0.3, 0.4) is 0 Å². The van der Waals surface area contributed by atoms with Crippen LogP contribution in [0.15, 0.2) is 24.3 Å². The fourth-order valence-corrected chi connectivity index (χ4v) is 2.81. The van der Waals surface area contributed by atoms with E-state index in [-0.39, 0.29) is 23.9 Å². The number of piperazine rings is 1. The molecule has 0 N–H and O–H groups in total. The average Bonchev–Trinajstić information content (AvgIpc) is 2.42. The largest absolute Gasteiger partial charge is 0.332 e. The van der Waals surface area contributed by atoms with Crippen molar-refractivity contribution >= 4 is 11.8 Å². The lowest BCUT2D eigenvalue weighted by Crippen LogP contribution is -2.58. The standard InChI is InChI=1S/C14H16N2O2/c1-9-7-16-10(2)8-15(9)13(17)11-4-3-5-12(6-11)14(16)18/h3-6,9-10H,7-8H2,1-2H3. The molecule has 0 aliphatic carbocycles. The number of carbonyl (C=O) groups is 2. The number of nitrogens with zero attached hydrogens (tertiary/aromatic N) is 2. The molecule has 3 heterocycles. The summed E-state index contributed by atoms with van der Waals surface area (Å²) in [6.07, 6.45) is 0. The summed E-state index contributed by atoms with van der Waals surface area (Å²) in [5.41, 5.74) is 1.23. The molecule has 3 aliphatic rings. The second kappa shape index (κ2) is 3.83. The van der Waals surface area contributed by atoms with Crippen LogP contribution in [0.2, 0.25) is 0 Å². The predicted octanol–water partition coefficient (Wildman–Crippen LogP) is 1.38. The van der Waals surface area contributed by atoms with E-state index in [2.05, 4.69) is 0 Å². The zero-order valence-corrected chi connectivity index (χ0v) is 10.6. The van der Waals surface area contributed by atoms with Crippen molar-refractivity contribution in [2.24, 2.45) is 0 Å². The zero-order valence-electron chi connectivity index (χ0n) is 10.6. The van der Waals surface area contributed by atoms with Crippen molar-refractivity contribution in [3.63, 3.8) is 0 Å². The molecule has 18 heavy (non-hydrogen) atoms. The predicted molar refractivity (Wildman–Crippen MR) is 67.4 cm³/mol. The van der Waals surface area contributed by atoms with Crippen molar-refractivity contribution in [2.45, 2.75) is 25.9 Å². The molecule has 4 bridgehead atoms. The van der Waals surface area contributed by atoms with E-state index in [4.69, 9.17) is 0 Å². The van der Waals surface area contributed by atoms with Gasteiger partial charge in [-0.15, -0.1) is 0 Å². The number of hydrogen-bond donors (Lipinski definition) is 0. The quantitative estimate of drug-likeness (QED) is 0.691. The normalized spacial score (nSPS) is 27.0. The van der Waals surface area contributed by atoms with Crippen LogP contribution in [0.25, 0.3) is 0 Å². The molecule has 94 valence electrons. The van der Waals surface area contributed by atoms with E-state index in [0.717, 1.165) is 0 Å². The number of benzene rings is 1. The van der Waals surface area contributed by atoms with Gasteiger partial charge in [-0.1, -0.05) is 6.07 Å². The number of hydrogen-bond acceptors (Lipinski definition) is 2. The van der Waals surface area contributed by atoms with Crippen molar-refractivity contribution in [1.82, 2.24) is 9.80 Å². The first-order valence-corrected chi connectivity index (χ1v) is 6.30. The second-order valence-electron chi connectivity index (χ2n) is 5.19. The van der Waals surface area contributed by atoms with Gasteiger partial charge in [0.25, 0.3) is 11.8 Å². The van der Waals surface area contributed by atoms with Gasteiger partial charge in [0, 0.05) is 36.3 Å². The Kier molecular flexibility index (Phi) is 2.40. The van der Waals surface area contributed by atoms with E-state index < -0.39 is 0 Å². The maximum atomic E-state index is 12.4. The minimum absolute atomic E-state index is 0.0329. The van der Waals surface area contributed by atoms with Crippen molar-refractivity contribution in [3.05, 3.63) is 35.4 Å². The van der Waals surface area contributed by atoms with Crippen molar-refractivity contribution in [2.75, 3.05) is 13.1 Å². The first-order valence-electron chi connectivity index (χ1n) is 6.30. The summed E-state index contributed by atoms with van der Waals surface area (Å²) in [7, 11) is 0. The molecule has 1 fully saturated rings. The van der Waals surface area contributed by atoms with Gasteiger partial charge in [0.05, 0.1) is 0 Å². The molecule has 1 aromatic carbocycles. The number of rotatable bonds is 0. The summed E-state index contributed by atoms with van der Waals surface area (Å²) in [6, 6.07) is 7.21. The molecule has 4 rings (SSSR count). The van der Waals surface area contributed by atoms with Crippen LogP contribution in [0, 0.1) is 0 Å². The summed E-state index contributed by atoms with van der Waals surface area (Å²) in [6.45, 7) is 5.23. The molecule has 2 amide bonds. The van der Waals surface area contributed by atoms with Crippen LogP contribution in [-0.4, -0.2) is 46.8 Å². The Morgan fingerprint density at radius 3 is 1.83 bits per heavy atom. The van der Waals surface area contributed by atoms with Gasteiger partial charge >= 0.3 is 0 Å². The van der Waals surface area contributed by atoms with Gasteiger partial charge in [-0.05, 0) is 32.0 Å². The summed E-state index contributed by atoms with van der Waals surface area (Å²) in [4.78, 5) is 28.6. The minimum Gasteiger partial charge on any atom is -0.332 e. The molecule has 0 saturated carbocycles. The summed E-state index contributed by atoms with van der Waals surface area (Å²) >= 11 is 0. The highest BCUT2D eigenvalue weighted by Crippen LogP contribution is 2.23. The third kappa shape index (κ3) is 1.52. The van der Waals surface area contributed by atoms with Crippen LogP contribution in [0.4, 0.5) is 0 Å². The topological polar surface area (TPSA) is 40.6 Å². The van der Waals surface area contributed by atoms with Gasteiger partial charge in [0.1, 0.15) is 0 Å². The van der Waals surface area contributed by atoms with E-state index in [1.54, 1.807) is 24.3 Å². The third-order valence-corrected chi connectivity index (χ3v) is 3.86. The van der Waals surface area contributed by atoms with Gasteiger partial charge < -0.3 is 9.80 Å². The maximum Gasteiger partial charge on any atom is 0.254 e. The Hall–Kier alpha value is -1.84. The van der Waals surface area contributed by atoms with Crippen LogP contribution in [0.1, 0.15) is 34.6 Å². The van der Waals surface area contributed by atoms with Crippen LogP contribution in [0.5, 0.6) is 0 Å². The lowest BCUT2D eigenvalue weighted by atomic mass is 10.1. The van der Waals surface area contributed by atoms with Gasteiger partial charge in [0.2, 0.25) is 0 Å². The summed E-state index contributed by atoms with van der Waals surface area (Å²) < 4.78 is 0. The van der Waals surface area contributed by atoms with Crippen molar-refractivity contribution in [1.29, 1.82) is 0 Å². The first-order chi connectivity index (χ1) is 8.58. The van der Waals surface area contributed by atoms with Crippen molar-refractivity contribution in [3.8, 4) is 0 Å². The molecule has 0 spiro atoms. The Morgan fingerprint density at radius 1 is 0.944 bits per heavy atom. The highest BCUT2D eigenvalue weighted by molar-refractivity contribution is 6.01. The second-order valence-corrected chi connectivity index (χ2v) is 5.19. The van der Waals surface area contributed by atoms with E-state index in [9.17, 15) is 9.59 Å². The molecule has 0 radical (unpaired) electrons. The molecule has 2 unspecified atom stereocenters. The molecule has 0 aromatic heterocycles. The molecule has 2 atom stereocenters. The number of fused-ring (bicyclic) bond motifs is 2. The molecular formula is C14H16N2O2. The summed E-state index contributed by atoms with van der Waals surface area (Å²) in [5, 5.41) is 0. The number of carbonyl (C=O) groups excluding carboxylic acids is 2. The zero-order chi connectivity index (χ0) is 12.9. The maximum absolute atomic E-state index is 12.4. The fourth-order valence-electron chi connectivity index (χ4n) is 2.81. The van der Waals surface area contributed by atoms with E-state index in [1.165, 1.54) is 0 Å². The van der Waals surface area contributed by atoms with Gasteiger partial charge in [-0.3, -0.25) is 9.59 Å². The monoisotopic (exact) mass is 244 g/mol. The third-order valence-electron chi connectivity index (χ3n) is 3.86. The van der Waals surface area contributed by atoms with Gasteiger partial charge in [0.15, 0.2) is 0 Å². The fraction of sp³-hybridized carbons (Fsp3) is 0.429. The summed E-state index contributed by atoms with van der Waals surface area (Å²) in [5.74, 6) is 0.0658. The molecule has 3 aliphatic heterocycles. The SMILES string of the molecule is CC1CN2C(=O)c3cccc(c3)C(=O)N1CC2C. The molecule has 4 nitrogen and oxygen atoms in total. The Balaban J connectivity index is 2.17. The molecule has 1 aromatic rings. The van der Waals surface area contributed by atoms with Gasteiger partial charge in [-0.2, -0.15) is 0 Å². The minimum atomic E-state index is 0.0329. The van der Waals surface area contributed by atoms with Crippen molar-refractivity contribution < 1.29 is 9.59 Å². The Bertz CT molecular complexity index is 483. The molecular weight excluding hydrogens is 228 g/mol. The Morgan fingerprint density at radius 2 is 1.39 bits per heavy atom. The smallest absolute Gasteiger partial charge is 0.254 e. The molecule has 1 saturated heterocycles. The van der Waals surface area contributed by atoms with Crippen LogP contribution in [-0.2, 0) is 0 Å². The van der Waals surface area contributed by atoms with Crippen LogP contribution < -0.4 is 0 Å². The first kappa shape index (κ1) is 11.3. The van der Waals surface area contributed by atoms with Gasteiger partial charge in [-0.25, -0.2) is 0 Å². The lowest BCUT2D eigenvalue weighted by Gasteiger charge is -2.43. The van der Waals surface area contributed by atoms with Crippen LogP contribution >= 0.6 is 0 Å². The Labute approximate surface area is 106 Å². The highest BCUT2D eigenvalue weighted by atomic mass is 16.2.